The van der Waals surface area contributed by atoms with E-state index in [1.54, 1.807) is 0 Å². The molecular formula is C39H58BrN5O. The number of rotatable bonds is 11. The minimum atomic E-state index is -0.284. The van der Waals surface area contributed by atoms with Gasteiger partial charge in [0.25, 0.3) is 5.91 Å². The summed E-state index contributed by atoms with van der Waals surface area (Å²) in [6.07, 6.45) is 18.4. The lowest BCUT2D eigenvalue weighted by atomic mass is 9.70. The van der Waals surface area contributed by atoms with Crippen LogP contribution >= 0.6 is 15.9 Å². The molecule has 4 N–H and O–H groups in total. The number of hydrogen-bond acceptors (Lipinski definition) is 5. The number of anilines is 2. The third-order valence-electron chi connectivity index (χ3n) is 10.7. The number of carbonyl (C=O) groups is 1. The first-order chi connectivity index (χ1) is 22.3. The van der Waals surface area contributed by atoms with E-state index in [4.69, 9.17) is 5.73 Å². The highest BCUT2D eigenvalue weighted by molar-refractivity contribution is 9.10. The van der Waals surface area contributed by atoms with Crippen molar-refractivity contribution in [1.82, 2.24) is 10.6 Å². The first-order valence-electron chi connectivity index (χ1n) is 17.9. The van der Waals surface area contributed by atoms with Gasteiger partial charge in [0.2, 0.25) is 0 Å². The molecule has 0 radical (unpaired) electrons. The number of amides is 1. The summed E-state index contributed by atoms with van der Waals surface area (Å²) in [4.78, 5) is 18.8. The van der Waals surface area contributed by atoms with E-state index in [1.165, 1.54) is 81.0 Å². The van der Waals surface area contributed by atoms with Crippen LogP contribution in [0.4, 0.5) is 11.4 Å². The number of fused-ring (bicyclic) bond motifs is 2. The van der Waals surface area contributed by atoms with Gasteiger partial charge in [-0.05, 0) is 129 Å². The minimum absolute atomic E-state index is 0.162. The molecule has 2 fully saturated rings. The normalized spacial score (nSPS) is 19.2. The average Bonchev–Trinajstić information content (AvgIpc) is 3.40. The average molecular weight is 693 g/mol. The minimum Gasteiger partial charge on any atom is -0.401 e. The van der Waals surface area contributed by atoms with Crippen LogP contribution in [0, 0.1) is 5.92 Å². The van der Waals surface area contributed by atoms with E-state index >= 15 is 0 Å². The maximum absolute atomic E-state index is 12.7. The molecule has 1 spiro atoms. The highest BCUT2D eigenvalue weighted by atomic mass is 79.9. The molecule has 0 bridgehead atoms. The summed E-state index contributed by atoms with van der Waals surface area (Å²) in [5.74, 6) is 0.920. The van der Waals surface area contributed by atoms with Crippen LogP contribution < -0.4 is 21.3 Å². The predicted molar refractivity (Wildman–Crippen MR) is 200 cm³/mol. The van der Waals surface area contributed by atoms with Gasteiger partial charge in [-0.3, -0.25) is 4.79 Å². The number of aliphatic imine (C=N–C) groups is 1. The van der Waals surface area contributed by atoms with Crippen molar-refractivity contribution in [3.8, 4) is 0 Å². The van der Waals surface area contributed by atoms with Crippen LogP contribution in [0.1, 0.15) is 132 Å². The molecule has 5 rings (SSSR count). The number of benzene rings is 2. The smallest absolute Gasteiger partial charge is 0.279 e. The summed E-state index contributed by atoms with van der Waals surface area (Å²) in [7, 11) is 2.03. The van der Waals surface area contributed by atoms with Crippen molar-refractivity contribution in [2.75, 3.05) is 25.0 Å². The van der Waals surface area contributed by atoms with Gasteiger partial charge in [-0.2, -0.15) is 0 Å². The zero-order chi connectivity index (χ0) is 33.1. The Morgan fingerprint density at radius 1 is 1.09 bits per heavy atom. The number of nitrogens with zero attached hydrogens (tertiary/aromatic N) is 2. The van der Waals surface area contributed by atoms with Gasteiger partial charge in [-0.15, -0.1) is 0 Å². The molecule has 0 saturated heterocycles. The monoisotopic (exact) mass is 691 g/mol. The lowest BCUT2D eigenvalue weighted by molar-refractivity contribution is 0.100. The first-order valence-corrected chi connectivity index (χ1v) is 18.7. The van der Waals surface area contributed by atoms with E-state index in [1.807, 2.05) is 31.4 Å². The predicted octanol–water partition coefficient (Wildman–Crippen LogP) is 9.50. The van der Waals surface area contributed by atoms with Crippen LogP contribution in [0.5, 0.6) is 0 Å². The van der Waals surface area contributed by atoms with Gasteiger partial charge in [0.15, 0.2) is 0 Å². The number of halogens is 1. The molecule has 1 heterocycles. The van der Waals surface area contributed by atoms with Gasteiger partial charge in [0.1, 0.15) is 0 Å². The number of carbonyl (C=O) groups excluding carboxylic acids is 1. The molecule has 2 atom stereocenters. The molecular weight excluding hydrogens is 634 g/mol. The van der Waals surface area contributed by atoms with E-state index in [-0.39, 0.29) is 11.3 Å². The molecule has 2 aliphatic carbocycles. The lowest BCUT2D eigenvalue weighted by Gasteiger charge is -2.35. The van der Waals surface area contributed by atoms with Gasteiger partial charge in [0, 0.05) is 40.1 Å². The number of nitrogens with one attached hydrogen (secondary N) is 2. The molecule has 3 aliphatic rings. The fourth-order valence-electron chi connectivity index (χ4n) is 7.68. The van der Waals surface area contributed by atoms with Crippen LogP contribution in [0.2, 0.25) is 0 Å². The molecule has 2 unspecified atom stereocenters. The standard InChI is InChI=1S/C27H34BrN3O.C12H24N2/c1-4-19(13-16-29-2)20-11-12-23-21(17-20)27(14-6-5-7-15-27)18-31(23)24-10-8-9-22(28)25(24)26(32)30-3;1-3-10(2)14-9-12(13)11-7-5-4-6-8-11/h8-12,17,19,29H,3-7,13-16,18H2,1-2H3;9-11,14H,3-8,13H2,1-2H3/b;12-9-. The summed E-state index contributed by atoms with van der Waals surface area (Å²) in [5.41, 5.74) is 13.0. The summed E-state index contributed by atoms with van der Waals surface area (Å²) in [6.45, 7) is 12.1. The van der Waals surface area contributed by atoms with Crippen molar-refractivity contribution in [2.24, 2.45) is 16.6 Å². The van der Waals surface area contributed by atoms with Crippen molar-refractivity contribution in [3.63, 3.8) is 0 Å². The Labute approximate surface area is 287 Å². The summed E-state index contributed by atoms with van der Waals surface area (Å²) < 4.78 is 0.772. The molecule has 252 valence electrons. The van der Waals surface area contributed by atoms with E-state index < -0.39 is 0 Å². The topological polar surface area (TPSA) is 82.8 Å². The van der Waals surface area contributed by atoms with Crippen molar-refractivity contribution < 1.29 is 4.79 Å². The summed E-state index contributed by atoms with van der Waals surface area (Å²) in [6, 6.07) is 13.6. The second-order valence-corrected chi connectivity index (χ2v) is 14.6. The van der Waals surface area contributed by atoms with Crippen molar-refractivity contribution in [2.45, 2.75) is 122 Å². The highest BCUT2D eigenvalue weighted by Crippen LogP contribution is 2.53. The Morgan fingerprint density at radius 2 is 1.80 bits per heavy atom. The van der Waals surface area contributed by atoms with Crippen LogP contribution in [0.3, 0.4) is 0 Å². The zero-order valence-electron chi connectivity index (χ0n) is 28.8. The molecule has 2 aromatic carbocycles. The van der Waals surface area contributed by atoms with Crippen molar-refractivity contribution in [3.05, 3.63) is 69.5 Å². The van der Waals surface area contributed by atoms with E-state index in [0.717, 1.165) is 48.2 Å². The van der Waals surface area contributed by atoms with Crippen LogP contribution in [-0.2, 0) is 5.41 Å². The fourth-order valence-corrected chi connectivity index (χ4v) is 8.20. The molecule has 2 aromatic rings. The third-order valence-corrected chi connectivity index (χ3v) is 11.4. The summed E-state index contributed by atoms with van der Waals surface area (Å²) >= 11 is 3.59. The second kappa shape index (κ2) is 17.5. The lowest BCUT2D eigenvalue weighted by Crippen LogP contribution is -2.34. The first kappa shape index (κ1) is 36.2. The number of nitrogens with two attached hydrogens (primary N) is 1. The Hall–Kier alpha value is -2.64. The maximum Gasteiger partial charge on any atom is 0.279 e. The van der Waals surface area contributed by atoms with Gasteiger partial charge >= 0.3 is 0 Å². The van der Waals surface area contributed by atoms with Crippen LogP contribution in [0.25, 0.3) is 0 Å². The Morgan fingerprint density at radius 3 is 2.46 bits per heavy atom. The molecule has 1 aliphatic heterocycles. The number of hydrogen-bond donors (Lipinski definition) is 3. The SMILES string of the molecule is C=NC(=O)c1c(Br)cccc1N1CC2(CCCCC2)c2cc(C(CC)CCNC)ccc21.CCC(C)N/C=C(\N)C1CCCCC1. The van der Waals surface area contributed by atoms with Crippen LogP contribution in [0.15, 0.2) is 57.8 Å². The molecule has 1 amide bonds. The van der Waals surface area contributed by atoms with Gasteiger partial charge in [-0.1, -0.05) is 70.6 Å². The zero-order valence-corrected chi connectivity index (χ0v) is 30.4. The number of allylic oxidation sites excluding steroid dienone is 1. The molecule has 0 aromatic heterocycles. The molecule has 46 heavy (non-hydrogen) atoms. The highest BCUT2D eigenvalue weighted by Gasteiger charge is 2.44. The largest absolute Gasteiger partial charge is 0.401 e. The van der Waals surface area contributed by atoms with E-state index in [0.29, 0.717) is 23.4 Å². The van der Waals surface area contributed by atoms with Gasteiger partial charge in [0.05, 0.1) is 11.3 Å². The second-order valence-electron chi connectivity index (χ2n) is 13.8. The van der Waals surface area contributed by atoms with E-state index in [9.17, 15) is 4.79 Å². The summed E-state index contributed by atoms with van der Waals surface area (Å²) in [5, 5.41) is 6.65. The fraction of sp³-hybridized carbons (Fsp3) is 0.590. The Bertz CT molecular complexity index is 1330. The molecule has 6 nitrogen and oxygen atoms in total. The molecule has 7 heteroatoms. The van der Waals surface area contributed by atoms with Crippen molar-refractivity contribution >= 4 is 39.9 Å². The van der Waals surface area contributed by atoms with E-state index in [2.05, 4.69) is 82.1 Å². The van der Waals surface area contributed by atoms with Crippen molar-refractivity contribution in [1.29, 1.82) is 0 Å². The Kier molecular flexibility index (Phi) is 13.8. The third kappa shape index (κ3) is 8.63. The molecule has 2 saturated carbocycles. The quantitative estimate of drug-likeness (QED) is 0.205. The van der Waals surface area contributed by atoms with Gasteiger partial charge < -0.3 is 21.3 Å². The van der Waals surface area contributed by atoms with Gasteiger partial charge in [-0.25, -0.2) is 4.99 Å². The maximum atomic E-state index is 12.7. The van der Waals surface area contributed by atoms with Crippen LogP contribution in [-0.4, -0.2) is 38.8 Å². The Balaban J connectivity index is 0.000000288.